The number of hydrogen-bond acceptors (Lipinski definition) is 5. The highest BCUT2D eigenvalue weighted by Crippen LogP contribution is 2.16. The maximum Gasteiger partial charge on any atom is 0.258 e. The molecule has 0 fully saturated rings. The average Bonchev–Trinajstić information content (AvgIpc) is 2.36. The van der Waals surface area contributed by atoms with Gasteiger partial charge in [-0.1, -0.05) is 0 Å². The molecule has 0 saturated heterocycles. The van der Waals surface area contributed by atoms with Crippen molar-refractivity contribution in [1.29, 1.82) is 0 Å². The molecule has 1 aromatic carbocycles. The summed E-state index contributed by atoms with van der Waals surface area (Å²) in [6, 6.07) is 5.63. The Morgan fingerprint density at radius 1 is 1.28 bits per heavy atom. The number of carboxylic acids is 1. The number of nitrogens with one attached hydrogen (secondary N) is 1. The third-order valence-electron chi connectivity index (χ3n) is 2.16. The zero-order valence-corrected chi connectivity index (χ0v) is 10.1. The molecule has 1 amide bonds. The van der Waals surface area contributed by atoms with Crippen molar-refractivity contribution >= 4 is 11.9 Å². The topological polar surface area (TPSA) is 87.7 Å². The predicted molar refractivity (Wildman–Crippen MR) is 61.1 cm³/mol. The monoisotopic (exact) mass is 252 g/mol. The Balaban J connectivity index is 2.40. The van der Waals surface area contributed by atoms with Crippen molar-refractivity contribution in [2.75, 3.05) is 13.7 Å². The summed E-state index contributed by atoms with van der Waals surface area (Å²) >= 11 is 0. The van der Waals surface area contributed by atoms with Crippen LogP contribution in [0.2, 0.25) is 0 Å². The van der Waals surface area contributed by atoms with E-state index in [1.54, 1.807) is 31.4 Å². The third-order valence-corrected chi connectivity index (χ3v) is 2.16. The number of amides is 1. The van der Waals surface area contributed by atoms with Gasteiger partial charge in [-0.3, -0.25) is 4.79 Å². The highest BCUT2D eigenvalue weighted by molar-refractivity contribution is 5.83. The van der Waals surface area contributed by atoms with Crippen molar-refractivity contribution in [1.82, 2.24) is 5.32 Å². The molecule has 1 N–H and O–H groups in total. The molecule has 1 rings (SSSR count). The maximum atomic E-state index is 11.3. The van der Waals surface area contributed by atoms with Crippen LogP contribution >= 0.6 is 0 Å². The minimum Gasteiger partial charge on any atom is -0.548 e. The van der Waals surface area contributed by atoms with Crippen LogP contribution in [0.4, 0.5) is 0 Å². The van der Waals surface area contributed by atoms with E-state index in [-0.39, 0.29) is 6.61 Å². The van der Waals surface area contributed by atoms with E-state index in [0.717, 1.165) is 0 Å². The van der Waals surface area contributed by atoms with Gasteiger partial charge < -0.3 is 24.7 Å². The summed E-state index contributed by atoms with van der Waals surface area (Å²) in [7, 11) is 1.55. The first-order chi connectivity index (χ1) is 8.52. The van der Waals surface area contributed by atoms with E-state index in [4.69, 9.17) is 9.47 Å². The summed E-state index contributed by atoms with van der Waals surface area (Å²) < 4.78 is 10.1. The van der Waals surface area contributed by atoms with Gasteiger partial charge >= 0.3 is 0 Å². The molecule has 0 radical (unpaired) electrons. The molecule has 0 aromatic heterocycles. The normalized spacial score (nSPS) is 11.4. The van der Waals surface area contributed by atoms with Crippen molar-refractivity contribution < 1.29 is 24.2 Å². The second-order valence-corrected chi connectivity index (χ2v) is 3.57. The fourth-order valence-electron chi connectivity index (χ4n) is 1.16. The van der Waals surface area contributed by atoms with Gasteiger partial charge in [0.25, 0.3) is 5.91 Å². The molecule has 0 heterocycles. The van der Waals surface area contributed by atoms with Gasteiger partial charge in [0.15, 0.2) is 6.61 Å². The first-order valence-corrected chi connectivity index (χ1v) is 5.30. The first-order valence-electron chi connectivity index (χ1n) is 5.30. The molecule has 0 bridgehead atoms. The summed E-state index contributed by atoms with van der Waals surface area (Å²) in [4.78, 5) is 21.7. The van der Waals surface area contributed by atoms with Gasteiger partial charge in [0, 0.05) is 0 Å². The molecular weight excluding hydrogens is 238 g/mol. The lowest BCUT2D eigenvalue weighted by atomic mass is 10.3. The second-order valence-electron chi connectivity index (χ2n) is 3.57. The highest BCUT2D eigenvalue weighted by atomic mass is 16.5. The zero-order chi connectivity index (χ0) is 13.5. The van der Waals surface area contributed by atoms with Gasteiger partial charge in [-0.05, 0) is 31.2 Å². The SMILES string of the molecule is COc1ccc(OCC(=O)N[C@@H](C)C(=O)[O-])cc1. The van der Waals surface area contributed by atoms with Gasteiger partial charge in [-0.25, -0.2) is 0 Å². The number of carbonyl (C=O) groups is 2. The Hall–Kier alpha value is -2.24. The number of carbonyl (C=O) groups excluding carboxylic acids is 2. The largest absolute Gasteiger partial charge is 0.548 e. The standard InChI is InChI=1S/C12H15NO5/c1-8(12(15)16)13-11(14)7-18-10-5-3-9(17-2)4-6-10/h3-6,8H,7H2,1-2H3,(H,13,14)(H,15,16)/p-1/t8-/m0/s1. The van der Waals surface area contributed by atoms with Gasteiger partial charge in [-0.15, -0.1) is 0 Å². The van der Waals surface area contributed by atoms with Crippen LogP contribution in [0, 0.1) is 0 Å². The van der Waals surface area contributed by atoms with Crippen LogP contribution in [0.25, 0.3) is 0 Å². The number of methoxy groups -OCH3 is 1. The van der Waals surface area contributed by atoms with Crippen LogP contribution in [-0.4, -0.2) is 31.6 Å². The minimum atomic E-state index is -1.34. The van der Waals surface area contributed by atoms with Crippen molar-refractivity contribution in [3.63, 3.8) is 0 Å². The van der Waals surface area contributed by atoms with Crippen LogP contribution in [0.15, 0.2) is 24.3 Å². The Kier molecular flexibility index (Phi) is 4.98. The quantitative estimate of drug-likeness (QED) is 0.725. The van der Waals surface area contributed by atoms with E-state index in [0.29, 0.717) is 11.5 Å². The van der Waals surface area contributed by atoms with E-state index < -0.39 is 17.9 Å². The molecule has 6 heteroatoms. The smallest absolute Gasteiger partial charge is 0.258 e. The second kappa shape index (κ2) is 6.48. The molecule has 0 aliphatic rings. The number of benzene rings is 1. The van der Waals surface area contributed by atoms with Crippen LogP contribution in [0.1, 0.15) is 6.92 Å². The number of aliphatic carboxylic acids is 1. The lowest BCUT2D eigenvalue weighted by molar-refractivity contribution is -0.307. The Bertz CT molecular complexity index is 415. The average molecular weight is 252 g/mol. The van der Waals surface area contributed by atoms with Crippen LogP contribution in [-0.2, 0) is 9.59 Å². The van der Waals surface area contributed by atoms with Crippen LogP contribution < -0.4 is 19.9 Å². The van der Waals surface area contributed by atoms with E-state index in [1.807, 2.05) is 0 Å². The molecule has 1 atom stereocenters. The van der Waals surface area contributed by atoms with Crippen LogP contribution in [0.3, 0.4) is 0 Å². The fraction of sp³-hybridized carbons (Fsp3) is 0.333. The van der Waals surface area contributed by atoms with Gasteiger partial charge in [0.1, 0.15) is 11.5 Å². The first kappa shape index (κ1) is 13.8. The lowest BCUT2D eigenvalue weighted by Gasteiger charge is -2.14. The highest BCUT2D eigenvalue weighted by Gasteiger charge is 2.08. The molecule has 6 nitrogen and oxygen atoms in total. The van der Waals surface area contributed by atoms with E-state index in [2.05, 4.69) is 5.32 Å². The molecule has 1 aromatic rings. The summed E-state index contributed by atoms with van der Waals surface area (Å²) in [5.74, 6) is -0.695. The Morgan fingerprint density at radius 3 is 2.33 bits per heavy atom. The molecule has 98 valence electrons. The molecular formula is C12H14NO5-. The number of hydrogen-bond donors (Lipinski definition) is 1. The fourth-order valence-corrected chi connectivity index (χ4v) is 1.16. The molecule has 0 saturated carbocycles. The van der Waals surface area contributed by atoms with E-state index in [1.165, 1.54) is 6.92 Å². The Labute approximate surface area is 105 Å². The van der Waals surface area contributed by atoms with E-state index >= 15 is 0 Å². The van der Waals surface area contributed by atoms with Gasteiger partial charge in [0.05, 0.1) is 19.1 Å². The maximum absolute atomic E-state index is 11.3. The van der Waals surface area contributed by atoms with Crippen molar-refractivity contribution in [3.8, 4) is 11.5 Å². The van der Waals surface area contributed by atoms with E-state index in [9.17, 15) is 14.7 Å². The van der Waals surface area contributed by atoms with Crippen LogP contribution in [0.5, 0.6) is 11.5 Å². The molecule has 18 heavy (non-hydrogen) atoms. The number of rotatable bonds is 6. The zero-order valence-electron chi connectivity index (χ0n) is 10.1. The summed E-state index contributed by atoms with van der Waals surface area (Å²) in [6.07, 6.45) is 0. The Morgan fingerprint density at radius 2 is 1.83 bits per heavy atom. The summed E-state index contributed by atoms with van der Waals surface area (Å²) in [5, 5.41) is 12.6. The van der Waals surface area contributed by atoms with Crippen molar-refractivity contribution in [2.45, 2.75) is 13.0 Å². The molecule has 0 unspecified atom stereocenters. The van der Waals surface area contributed by atoms with Gasteiger partial charge in [0.2, 0.25) is 0 Å². The van der Waals surface area contributed by atoms with Crippen molar-refractivity contribution in [2.24, 2.45) is 0 Å². The molecule has 0 aliphatic carbocycles. The summed E-state index contributed by atoms with van der Waals surface area (Å²) in [6.45, 7) is 1.06. The third kappa shape index (κ3) is 4.32. The van der Waals surface area contributed by atoms with Crippen molar-refractivity contribution in [3.05, 3.63) is 24.3 Å². The molecule has 0 spiro atoms. The number of ether oxygens (including phenoxy) is 2. The lowest BCUT2D eigenvalue weighted by Crippen LogP contribution is -2.47. The molecule has 0 aliphatic heterocycles. The minimum absolute atomic E-state index is 0.260. The number of carboxylic acid groups (broad SMARTS) is 1. The predicted octanol–water partition coefficient (Wildman–Crippen LogP) is -0.671. The summed E-state index contributed by atoms with van der Waals surface area (Å²) in [5.41, 5.74) is 0. The van der Waals surface area contributed by atoms with Gasteiger partial charge in [-0.2, -0.15) is 0 Å².